The summed E-state index contributed by atoms with van der Waals surface area (Å²) in [6.07, 6.45) is 0.158. The fourth-order valence-electron chi connectivity index (χ4n) is 3.87. The van der Waals surface area contributed by atoms with Crippen LogP contribution in [0.2, 0.25) is 10.0 Å². The van der Waals surface area contributed by atoms with Gasteiger partial charge in [-0.15, -0.1) is 0 Å². The van der Waals surface area contributed by atoms with Crippen molar-refractivity contribution in [2.45, 2.75) is 6.42 Å². The van der Waals surface area contributed by atoms with Crippen molar-refractivity contribution in [3.63, 3.8) is 0 Å². The first-order chi connectivity index (χ1) is 13.9. The molecule has 2 amide bonds. The van der Waals surface area contributed by atoms with Crippen molar-refractivity contribution in [2.75, 3.05) is 42.5 Å². The zero-order valence-corrected chi connectivity index (χ0v) is 17.2. The van der Waals surface area contributed by atoms with E-state index in [-0.39, 0.29) is 29.8 Å². The maximum atomic E-state index is 13.4. The third-order valence-electron chi connectivity index (χ3n) is 5.47. The maximum absolute atomic E-state index is 13.4. The zero-order valence-electron chi connectivity index (χ0n) is 15.7. The molecule has 2 aliphatic heterocycles. The van der Waals surface area contributed by atoms with E-state index in [2.05, 4.69) is 4.90 Å². The Morgan fingerprint density at radius 1 is 0.966 bits per heavy atom. The van der Waals surface area contributed by atoms with Gasteiger partial charge in [-0.25, -0.2) is 4.39 Å². The lowest BCUT2D eigenvalue weighted by molar-refractivity contribution is -0.136. The number of anilines is 2. The number of hydrogen-bond donors (Lipinski definition) is 0. The lowest BCUT2D eigenvalue weighted by Gasteiger charge is -2.37. The van der Waals surface area contributed by atoms with Crippen molar-refractivity contribution >= 4 is 46.4 Å². The van der Waals surface area contributed by atoms with E-state index in [1.165, 1.54) is 23.1 Å². The molecule has 0 radical (unpaired) electrons. The van der Waals surface area contributed by atoms with Gasteiger partial charge in [-0.3, -0.25) is 9.59 Å². The summed E-state index contributed by atoms with van der Waals surface area (Å²) >= 11 is 11.8. The molecule has 2 aromatic rings. The molecular formula is C21H20Cl2FN3O2. The van der Waals surface area contributed by atoms with Gasteiger partial charge in [0.15, 0.2) is 0 Å². The van der Waals surface area contributed by atoms with Crippen LogP contribution in [0.5, 0.6) is 0 Å². The molecular weight excluding hydrogens is 416 g/mol. The molecule has 5 nitrogen and oxygen atoms in total. The van der Waals surface area contributed by atoms with E-state index in [1.54, 1.807) is 0 Å². The fraction of sp³-hybridized carbons (Fsp3) is 0.333. The van der Waals surface area contributed by atoms with E-state index >= 15 is 0 Å². The number of piperazine rings is 1. The Morgan fingerprint density at radius 3 is 2.28 bits per heavy atom. The Balaban J connectivity index is 1.37. The van der Waals surface area contributed by atoms with Gasteiger partial charge in [0.1, 0.15) is 5.82 Å². The molecule has 0 saturated carbocycles. The van der Waals surface area contributed by atoms with E-state index in [1.807, 2.05) is 29.2 Å². The van der Waals surface area contributed by atoms with E-state index in [9.17, 15) is 14.0 Å². The molecule has 0 aliphatic carbocycles. The van der Waals surface area contributed by atoms with Gasteiger partial charge in [0.2, 0.25) is 11.8 Å². The SMILES string of the molecule is O=C([C@H]1CC(=O)N(c2ccc(F)c(Cl)c2)C1)N1CCN(c2ccc(Cl)cc2)CC1. The van der Waals surface area contributed by atoms with E-state index in [4.69, 9.17) is 23.2 Å². The molecule has 0 aromatic heterocycles. The Kier molecular flexibility index (Phi) is 5.65. The van der Waals surface area contributed by atoms with Gasteiger partial charge in [0, 0.05) is 55.5 Å². The highest BCUT2D eigenvalue weighted by Gasteiger charge is 2.38. The minimum Gasteiger partial charge on any atom is -0.368 e. The smallest absolute Gasteiger partial charge is 0.228 e. The molecule has 0 N–H and O–H groups in total. The summed E-state index contributed by atoms with van der Waals surface area (Å²) in [6.45, 7) is 2.96. The second kappa shape index (κ2) is 8.20. The molecule has 8 heteroatoms. The summed E-state index contributed by atoms with van der Waals surface area (Å²) in [7, 11) is 0. The number of carbonyl (C=O) groups is 2. The third-order valence-corrected chi connectivity index (χ3v) is 6.01. The molecule has 2 saturated heterocycles. The summed E-state index contributed by atoms with van der Waals surface area (Å²) in [4.78, 5) is 30.9. The first-order valence-electron chi connectivity index (χ1n) is 9.47. The number of hydrogen-bond acceptors (Lipinski definition) is 3. The highest BCUT2D eigenvalue weighted by Crippen LogP contribution is 2.30. The third kappa shape index (κ3) is 4.19. The van der Waals surface area contributed by atoms with Crippen molar-refractivity contribution in [3.8, 4) is 0 Å². The van der Waals surface area contributed by atoms with Gasteiger partial charge >= 0.3 is 0 Å². The van der Waals surface area contributed by atoms with Crippen molar-refractivity contribution in [2.24, 2.45) is 5.92 Å². The number of amides is 2. The normalized spacial score (nSPS) is 19.8. The van der Waals surface area contributed by atoms with Crippen molar-refractivity contribution < 1.29 is 14.0 Å². The molecule has 2 aliphatic rings. The van der Waals surface area contributed by atoms with Gasteiger partial charge in [-0.05, 0) is 42.5 Å². The van der Waals surface area contributed by atoms with E-state index < -0.39 is 11.7 Å². The largest absolute Gasteiger partial charge is 0.368 e. The zero-order chi connectivity index (χ0) is 20.5. The second-order valence-corrected chi connectivity index (χ2v) is 8.14. The molecule has 0 bridgehead atoms. The number of rotatable bonds is 3. The van der Waals surface area contributed by atoms with Crippen LogP contribution in [0.1, 0.15) is 6.42 Å². The van der Waals surface area contributed by atoms with Gasteiger partial charge in [-0.1, -0.05) is 23.2 Å². The van der Waals surface area contributed by atoms with Crippen LogP contribution in [0.15, 0.2) is 42.5 Å². The topological polar surface area (TPSA) is 43.9 Å². The second-order valence-electron chi connectivity index (χ2n) is 7.29. The van der Waals surface area contributed by atoms with Gasteiger partial charge in [-0.2, -0.15) is 0 Å². The predicted molar refractivity (Wildman–Crippen MR) is 112 cm³/mol. The molecule has 0 spiro atoms. The summed E-state index contributed by atoms with van der Waals surface area (Å²) in [5.41, 5.74) is 1.60. The van der Waals surface area contributed by atoms with Crippen LogP contribution in [0.4, 0.5) is 15.8 Å². The Labute approximate surface area is 178 Å². The van der Waals surface area contributed by atoms with Crippen molar-refractivity contribution in [1.29, 1.82) is 0 Å². The monoisotopic (exact) mass is 435 g/mol. The summed E-state index contributed by atoms with van der Waals surface area (Å²) in [5, 5.41) is 0.656. The van der Waals surface area contributed by atoms with Gasteiger partial charge < -0.3 is 14.7 Å². The first-order valence-corrected chi connectivity index (χ1v) is 10.2. The fourth-order valence-corrected chi connectivity index (χ4v) is 4.17. The molecule has 1 atom stereocenters. The van der Waals surface area contributed by atoms with Crippen LogP contribution in [-0.2, 0) is 9.59 Å². The van der Waals surface area contributed by atoms with Crippen LogP contribution in [0, 0.1) is 11.7 Å². The molecule has 0 unspecified atom stereocenters. The molecule has 2 aromatic carbocycles. The first kappa shape index (κ1) is 20.0. The summed E-state index contributed by atoms with van der Waals surface area (Å²) < 4.78 is 13.4. The minimum absolute atomic E-state index is 0.00943. The van der Waals surface area contributed by atoms with Crippen molar-refractivity contribution in [3.05, 3.63) is 58.3 Å². The standard InChI is InChI=1S/C21H20Cl2FN3O2/c22-15-1-3-16(4-2-15)25-7-9-26(10-8-25)21(29)14-11-20(28)27(13-14)17-5-6-19(24)18(23)12-17/h1-6,12,14H,7-11,13H2/t14-/m0/s1. The Morgan fingerprint density at radius 2 is 1.62 bits per heavy atom. The average Bonchev–Trinajstić information content (AvgIpc) is 3.12. The van der Waals surface area contributed by atoms with Crippen LogP contribution in [0.3, 0.4) is 0 Å². The van der Waals surface area contributed by atoms with Crippen LogP contribution in [-0.4, -0.2) is 49.4 Å². The van der Waals surface area contributed by atoms with Gasteiger partial charge in [0.25, 0.3) is 0 Å². The van der Waals surface area contributed by atoms with Crippen LogP contribution < -0.4 is 9.80 Å². The molecule has 29 heavy (non-hydrogen) atoms. The number of halogens is 3. The quantitative estimate of drug-likeness (QED) is 0.735. The van der Waals surface area contributed by atoms with Crippen LogP contribution in [0.25, 0.3) is 0 Å². The Bertz CT molecular complexity index is 930. The number of benzene rings is 2. The lowest BCUT2D eigenvalue weighted by atomic mass is 10.1. The molecule has 152 valence electrons. The highest BCUT2D eigenvalue weighted by atomic mass is 35.5. The van der Waals surface area contributed by atoms with Crippen molar-refractivity contribution in [1.82, 2.24) is 4.90 Å². The molecule has 2 heterocycles. The van der Waals surface area contributed by atoms with E-state index in [0.717, 1.165) is 18.8 Å². The minimum atomic E-state index is -0.534. The Hall–Kier alpha value is -2.31. The maximum Gasteiger partial charge on any atom is 0.228 e. The summed E-state index contributed by atoms with van der Waals surface area (Å²) in [6, 6.07) is 11.8. The molecule has 2 fully saturated rings. The van der Waals surface area contributed by atoms with E-state index in [0.29, 0.717) is 23.8 Å². The molecule has 4 rings (SSSR count). The lowest BCUT2D eigenvalue weighted by Crippen LogP contribution is -2.50. The number of carbonyl (C=O) groups excluding carboxylic acids is 2. The van der Waals surface area contributed by atoms with Gasteiger partial charge in [0.05, 0.1) is 10.9 Å². The predicted octanol–water partition coefficient (Wildman–Crippen LogP) is 3.83. The summed E-state index contributed by atoms with van der Waals surface area (Å²) in [5.74, 6) is -1.09. The number of nitrogens with zero attached hydrogens (tertiary/aromatic N) is 3. The average molecular weight is 436 g/mol. The highest BCUT2D eigenvalue weighted by molar-refractivity contribution is 6.31. The van der Waals surface area contributed by atoms with Crippen LogP contribution >= 0.6 is 23.2 Å².